The minimum Gasteiger partial charge on any atom is -0.385 e. The number of hydrogen-bond acceptors (Lipinski definition) is 1. The highest BCUT2D eigenvalue weighted by molar-refractivity contribution is 5.57. The Morgan fingerprint density at radius 2 is 1.95 bits per heavy atom. The summed E-state index contributed by atoms with van der Waals surface area (Å²) in [4.78, 5) is 0. The molecule has 1 nitrogen and oxygen atoms in total. The lowest BCUT2D eigenvalue weighted by Gasteiger charge is -2.21. The summed E-state index contributed by atoms with van der Waals surface area (Å²) in [5, 5.41) is 3.36. The lowest BCUT2D eigenvalue weighted by molar-refractivity contribution is 0.574. The van der Waals surface area contributed by atoms with Gasteiger partial charge in [0, 0.05) is 24.7 Å². The van der Waals surface area contributed by atoms with E-state index < -0.39 is 11.6 Å². The van der Waals surface area contributed by atoms with Crippen molar-refractivity contribution in [1.29, 1.82) is 0 Å². The maximum atomic E-state index is 13.7. The van der Waals surface area contributed by atoms with Crippen LogP contribution in [0.15, 0.2) is 36.4 Å². The van der Waals surface area contributed by atoms with Crippen molar-refractivity contribution in [3.63, 3.8) is 0 Å². The third kappa shape index (κ3) is 2.46. The highest BCUT2D eigenvalue weighted by atomic mass is 19.1. The van der Waals surface area contributed by atoms with E-state index in [1.54, 1.807) is 0 Å². The quantitative estimate of drug-likeness (QED) is 0.862. The molecule has 0 radical (unpaired) electrons. The molecule has 0 aromatic heterocycles. The fourth-order valence-corrected chi connectivity index (χ4v) is 2.62. The third-order valence-electron chi connectivity index (χ3n) is 3.59. The van der Waals surface area contributed by atoms with Crippen LogP contribution in [0.4, 0.5) is 14.5 Å². The standard InChI is InChI=1S/C16H15F2N/c17-13-7-6-12(15(18)10-13)9-11-3-1-5-16-14(11)4-2-8-19-16/h1,3,5-7,10,19H,2,4,8-9H2. The van der Waals surface area contributed by atoms with E-state index in [-0.39, 0.29) is 0 Å². The average Bonchev–Trinajstić information content (AvgIpc) is 2.42. The number of nitrogens with one attached hydrogen (secondary N) is 1. The van der Waals surface area contributed by atoms with Gasteiger partial charge in [0.05, 0.1) is 0 Å². The van der Waals surface area contributed by atoms with Crippen LogP contribution in [0.5, 0.6) is 0 Å². The Bertz CT molecular complexity index is 608. The van der Waals surface area contributed by atoms with Gasteiger partial charge in [-0.15, -0.1) is 0 Å². The first kappa shape index (κ1) is 12.2. The van der Waals surface area contributed by atoms with Gasteiger partial charge in [-0.3, -0.25) is 0 Å². The summed E-state index contributed by atoms with van der Waals surface area (Å²) in [5.74, 6) is -1.00. The molecule has 0 amide bonds. The minimum absolute atomic E-state index is 0.471. The highest BCUT2D eigenvalue weighted by Gasteiger charge is 2.14. The maximum Gasteiger partial charge on any atom is 0.129 e. The molecule has 0 unspecified atom stereocenters. The molecule has 3 rings (SSSR count). The summed E-state index contributed by atoms with van der Waals surface area (Å²) in [6.45, 7) is 0.987. The van der Waals surface area contributed by atoms with Crippen molar-refractivity contribution >= 4 is 5.69 Å². The molecule has 1 N–H and O–H groups in total. The van der Waals surface area contributed by atoms with E-state index in [2.05, 4.69) is 11.4 Å². The molecule has 1 aliphatic heterocycles. The molecular weight excluding hydrogens is 244 g/mol. The summed E-state index contributed by atoms with van der Waals surface area (Å²) < 4.78 is 26.6. The van der Waals surface area contributed by atoms with Gasteiger partial charge in [-0.25, -0.2) is 8.78 Å². The van der Waals surface area contributed by atoms with E-state index >= 15 is 0 Å². The molecule has 1 heterocycles. The van der Waals surface area contributed by atoms with Crippen molar-refractivity contribution < 1.29 is 8.78 Å². The summed E-state index contributed by atoms with van der Waals surface area (Å²) in [5.41, 5.74) is 4.07. The van der Waals surface area contributed by atoms with Crippen LogP contribution in [-0.2, 0) is 12.8 Å². The Kier molecular flexibility index (Phi) is 3.20. The summed E-state index contributed by atoms with van der Waals surface area (Å²) in [6, 6.07) is 9.84. The van der Waals surface area contributed by atoms with Crippen molar-refractivity contribution in [3.8, 4) is 0 Å². The third-order valence-corrected chi connectivity index (χ3v) is 3.59. The summed E-state index contributed by atoms with van der Waals surface area (Å²) in [6.07, 6.45) is 2.62. The largest absolute Gasteiger partial charge is 0.385 e. The van der Waals surface area contributed by atoms with Crippen molar-refractivity contribution in [2.45, 2.75) is 19.3 Å². The van der Waals surface area contributed by atoms with Gasteiger partial charge in [0.2, 0.25) is 0 Å². The minimum atomic E-state index is -0.530. The van der Waals surface area contributed by atoms with E-state index in [9.17, 15) is 8.78 Å². The molecule has 0 aliphatic carbocycles. The van der Waals surface area contributed by atoms with Crippen LogP contribution in [-0.4, -0.2) is 6.54 Å². The second kappa shape index (κ2) is 5.00. The molecule has 0 fully saturated rings. The van der Waals surface area contributed by atoms with E-state index in [0.717, 1.165) is 36.7 Å². The van der Waals surface area contributed by atoms with Crippen molar-refractivity contribution in [1.82, 2.24) is 0 Å². The Balaban J connectivity index is 1.95. The normalized spacial score (nSPS) is 13.8. The number of benzene rings is 2. The predicted octanol–water partition coefficient (Wildman–Crippen LogP) is 3.91. The Hall–Kier alpha value is -1.90. The maximum absolute atomic E-state index is 13.7. The van der Waals surface area contributed by atoms with E-state index in [4.69, 9.17) is 0 Å². The van der Waals surface area contributed by atoms with Crippen molar-refractivity contribution in [3.05, 3.63) is 64.7 Å². The molecule has 3 heteroatoms. The summed E-state index contributed by atoms with van der Waals surface area (Å²) in [7, 11) is 0. The van der Waals surface area contributed by atoms with E-state index in [0.29, 0.717) is 12.0 Å². The number of halogens is 2. The molecule has 0 saturated carbocycles. The van der Waals surface area contributed by atoms with Gasteiger partial charge in [0.15, 0.2) is 0 Å². The van der Waals surface area contributed by atoms with Gasteiger partial charge in [0.25, 0.3) is 0 Å². The SMILES string of the molecule is Fc1ccc(Cc2cccc3c2CCCN3)c(F)c1. The van der Waals surface area contributed by atoms with Crippen molar-refractivity contribution in [2.75, 3.05) is 11.9 Å². The summed E-state index contributed by atoms with van der Waals surface area (Å²) >= 11 is 0. The van der Waals surface area contributed by atoms with E-state index in [1.165, 1.54) is 17.7 Å². The molecule has 0 saturated heterocycles. The molecule has 1 aliphatic rings. The molecule has 0 bridgehead atoms. The smallest absolute Gasteiger partial charge is 0.129 e. The second-order valence-corrected chi connectivity index (χ2v) is 4.89. The predicted molar refractivity (Wildman–Crippen MR) is 72.4 cm³/mol. The van der Waals surface area contributed by atoms with Crippen LogP contribution in [0, 0.1) is 11.6 Å². The molecule has 19 heavy (non-hydrogen) atoms. The van der Waals surface area contributed by atoms with Crippen LogP contribution in [0.2, 0.25) is 0 Å². The average molecular weight is 259 g/mol. The first-order valence-electron chi connectivity index (χ1n) is 6.52. The van der Waals surface area contributed by atoms with Crippen LogP contribution in [0.25, 0.3) is 0 Å². The van der Waals surface area contributed by atoms with Crippen LogP contribution < -0.4 is 5.32 Å². The lowest BCUT2D eigenvalue weighted by atomic mass is 9.93. The van der Waals surface area contributed by atoms with Crippen molar-refractivity contribution in [2.24, 2.45) is 0 Å². The molecule has 0 spiro atoms. The zero-order valence-corrected chi connectivity index (χ0v) is 10.5. The Labute approximate surface area is 111 Å². The number of anilines is 1. The second-order valence-electron chi connectivity index (χ2n) is 4.89. The first-order valence-corrected chi connectivity index (χ1v) is 6.52. The number of rotatable bonds is 2. The fourth-order valence-electron chi connectivity index (χ4n) is 2.62. The van der Waals surface area contributed by atoms with E-state index in [1.807, 2.05) is 12.1 Å². The highest BCUT2D eigenvalue weighted by Crippen LogP contribution is 2.27. The van der Waals surface area contributed by atoms with Gasteiger partial charge in [-0.2, -0.15) is 0 Å². The van der Waals surface area contributed by atoms with Crippen LogP contribution >= 0.6 is 0 Å². The van der Waals surface area contributed by atoms with Gasteiger partial charge < -0.3 is 5.32 Å². The van der Waals surface area contributed by atoms with Gasteiger partial charge in [-0.05, 0) is 41.7 Å². The Morgan fingerprint density at radius 1 is 1.05 bits per heavy atom. The molecule has 0 atom stereocenters. The monoisotopic (exact) mass is 259 g/mol. The number of fused-ring (bicyclic) bond motifs is 1. The zero-order valence-electron chi connectivity index (χ0n) is 10.5. The zero-order chi connectivity index (χ0) is 13.2. The van der Waals surface area contributed by atoms with Crippen LogP contribution in [0.3, 0.4) is 0 Å². The Morgan fingerprint density at radius 3 is 2.79 bits per heavy atom. The molecular formula is C16H15F2N. The first-order chi connectivity index (χ1) is 9.24. The van der Waals surface area contributed by atoms with Gasteiger partial charge in [0.1, 0.15) is 11.6 Å². The van der Waals surface area contributed by atoms with Gasteiger partial charge >= 0.3 is 0 Å². The fraction of sp³-hybridized carbons (Fsp3) is 0.250. The van der Waals surface area contributed by atoms with Gasteiger partial charge in [-0.1, -0.05) is 18.2 Å². The number of hydrogen-bond donors (Lipinski definition) is 1. The molecule has 98 valence electrons. The van der Waals surface area contributed by atoms with Crippen LogP contribution in [0.1, 0.15) is 23.1 Å². The molecule has 2 aromatic rings. The molecule has 2 aromatic carbocycles. The lowest BCUT2D eigenvalue weighted by Crippen LogP contribution is -2.13. The topological polar surface area (TPSA) is 12.0 Å².